The number of hydrogen-bond donors (Lipinski definition) is 1. The minimum atomic E-state index is -0.723. The Balaban J connectivity index is 2.48. The maximum atomic E-state index is 10.8. The number of aliphatic carboxylic acids is 1. The monoisotopic (exact) mass is 187 g/mol. The van der Waals surface area contributed by atoms with E-state index < -0.39 is 5.97 Å². The van der Waals surface area contributed by atoms with Gasteiger partial charge in [-0.2, -0.15) is 0 Å². The maximum Gasteiger partial charge on any atom is 0.320 e. The number of nitrogens with zero attached hydrogens (tertiary/aromatic N) is 1. The Bertz CT molecular complexity index is 184. The van der Waals surface area contributed by atoms with E-state index in [9.17, 15) is 4.79 Å². The molecule has 1 N–H and O–H groups in total. The molecular formula is C9H17NO3. The minimum Gasteiger partial charge on any atom is -0.480 e. The minimum absolute atomic E-state index is 0.216. The van der Waals surface area contributed by atoms with Crippen LogP contribution in [0.25, 0.3) is 0 Å². The van der Waals surface area contributed by atoms with Crippen LogP contribution in [0.15, 0.2) is 0 Å². The summed E-state index contributed by atoms with van der Waals surface area (Å²) in [5.74, 6) is -0.723. The first kappa shape index (κ1) is 10.5. The summed E-state index contributed by atoms with van der Waals surface area (Å²) in [5, 5.41) is 8.91. The fourth-order valence-electron chi connectivity index (χ4n) is 1.82. The molecule has 1 heterocycles. The molecule has 0 radical (unpaired) electrons. The van der Waals surface area contributed by atoms with Crippen molar-refractivity contribution in [2.75, 3.05) is 20.2 Å². The van der Waals surface area contributed by atoms with Gasteiger partial charge in [0.15, 0.2) is 0 Å². The highest BCUT2D eigenvalue weighted by molar-refractivity contribution is 5.73. The molecule has 0 spiro atoms. The summed E-state index contributed by atoms with van der Waals surface area (Å²) in [7, 11) is 1.68. The normalized spacial score (nSPS) is 26.2. The number of carboxylic acid groups (broad SMARTS) is 1. The van der Waals surface area contributed by atoms with Crippen molar-refractivity contribution in [1.82, 2.24) is 4.90 Å². The van der Waals surface area contributed by atoms with Gasteiger partial charge in [0.1, 0.15) is 6.04 Å². The van der Waals surface area contributed by atoms with E-state index in [0.717, 1.165) is 19.5 Å². The molecule has 0 aromatic rings. The van der Waals surface area contributed by atoms with E-state index in [1.807, 2.05) is 11.8 Å². The Labute approximate surface area is 78.5 Å². The van der Waals surface area contributed by atoms with Crippen molar-refractivity contribution in [3.8, 4) is 0 Å². The van der Waals surface area contributed by atoms with Gasteiger partial charge in [-0.05, 0) is 12.8 Å². The van der Waals surface area contributed by atoms with Crippen LogP contribution in [0.5, 0.6) is 0 Å². The van der Waals surface area contributed by atoms with E-state index in [0.29, 0.717) is 6.42 Å². The third kappa shape index (κ3) is 2.42. The van der Waals surface area contributed by atoms with E-state index in [4.69, 9.17) is 9.84 Å². The predicted molar refractivity (Wildman–Crippen MR) is 48.7 cm³/mol. The second-order valence-corrected chi connectivity index (χ2v) is 3.40. The SMILES string of the molecule is CC[C@H](C(=O)O)N1CC[C@@H](OC)C1. The van der Waals surface area contributed by atoms with Crippen molar-refractivity contribution in [3.63, 3.8) is 0 Å². The molecule has 1 saturated heterocycles. The van der Waals surface area contributed by atoms with Crippen molar-refractivity contribution in [2.45, 2.75) is 31.9 Å². The van der Waals surface area contributed by atoms with Crippen molar-refractivity contribution >= 4 is 5.97 Å². The van der Waals surface area contributed by atoms with Crippen molar-refractivity contribution in [2.24, 2.45) is 0 Å². The van der Waals surface area contributed by atoms with Gasteiger partial charge in [0.25, 0.3) is 0 Å². The van der Waals surface area contributed by atoms with Crippen LogP contribution in [0.3, 0.4) is 0 Å². The Morgan fingerprint density at radius 3 is 2.85 bits per heavy atom. The summed E-state index contributed by atoms with van der Waals surface area (Å²) in [6, 6.07) is -0.333. The van der Waals surface area contributed by atoms with E-state index in [-0.39, 0.29) is 12.1 Å². The third-order valence-electron chi connectivity index (χ3n) is 2.62. The Kier molecular flexibility index (Phi) is 3.69. The smallest absolute Gasteiger partial charge is 0.320 e. The first-order valence-corrected chi connectivity index (χ1v) is 4.68. The molecule has 13 heavy (non-hydrogen) atoms. The summed E-state index contributed by atoms with van der Waals surface area (Å²) < 4.78 is 5.18. The zero-order chi connectivity index (χ0) is 9.84. The number of methoxy groups -OCH3 is 1. The van der Waals surface area contributed by atoms with E-state index >= 15 is 0 Å². The summed E-state index contributed by atoms with van der Waals surface area (Å²) in [6.45, 7) is 3.49. The molecule has 0 saturated carbocycles. The van der Waals surface area contributed by atoms with Crippen LogP contribution in [0.4, 0.5) is 0 Å². The third-order valence-corrected chi connectivity index (χ3v) is 2.62. The molecule has 4 heteroatoms. The van der Waals surface area contributed by atoms with Crippen LogP contribution >= 0.6 is 0 Å². The lowest BCUT2D eigenvalue weighted by Crippen LogP contribution is -2.39. The van der Waals surface area contributed by atoms with Crippen LogP contribution in [0.1, 0.15) is 19.8 Å². The van der Waals surface area contributed by atoms with Gasteiger partial charge in [0.05, 0.1) is 6.10 Å². The second-order valence-electron chi connectivity index (χ2n) is 3.40. The van der Waals surface area contributed by atoms with Gasteiger partial charge in [0, 0.05) is 20.2 Å². The molecule has 0 aromatic heterocycles. The average molecular weight is 187 g/mol. The van der Waals surface area contributed by atoms with Crippen molar-refractivity contribution in [3.05, 3.63) is 0 Å². The molecule has 1 aliphatic heterocycles. The standard InChI is InChI=1S/C9H17NO3/c1-3-8(9(11)12)10-5-4-7(6-10)13-2/h7-8H,3-6H2,1-2H3,(H,11,12)/t7-,8-/m1/s1. The molecule has 0 aromatic carbocycles. The van der Waals surface area contributed by atoms with Crippen LogP contribution in [-0.2, 0) is 9.53 Å². The first-order chi connectivity index (χ1) is 6.19. The highest BCUT2D eigenvalue weighted by atomic mass is 16.5. The van der Waals surface area contributed by atoms with Crippen molar-refractivity contribution < 1.29 is 14.6 Å². The van der Waals surface area contributed by atoms with Gasteiger partial charge in [-0.1, -0.05) is 6.92 Å². The highest BCUT2D eigenvalue weighted by Crippen LogP contribution is 2.16. The van der Waals surface area contributed by atoms with Crippen LogP contribution in [0.2, 0.25) is 0 Å². The molecule has 0 aliphatic carbocycles. The van der Waals surface area contributed by atoms with Crippen LogP contribution in [-0.4, -0.2) is 48.3 Å². The fourth-order valence-corrected chi connectivity index (χ4v) is 1.82. The van der Waals surface area contributed by atoms with Gasteiger partial charge in [-0.3, -0.25) is 9.69 Å². The maximum absolute atomic E-state index is 10.8. The number of carboxylic acids is 1. The largest absolute Gasteiger partial charge is 0.480 e. The van der Waals surface area contributed by atoms with Gasteiger partial charge in [-0.15, -0.1) is 0 Å². The molecule has 0 unspecified atom stereocenters. The summed E-state index contributed by atoms with van der Waals surface area (Å²) in [4.78, 5) is 12.8. The fraction of sp³-hybridized carbons (Fsp3) is 0.889. The molecule has 1 fully saturated rings. The van der Waals surface area contributed by atoms with E-state index in [1.54, 1.807) is 7.11 Å². The highest BCUT2D eigenvalue weighted by Gasteiger charge is 2.30. The number of rotatable bonds is 4. The number of ether oxygens (including phenoxy) is 1. The van der Waals surface area contributed by atoms with Crippen LogP contribution in [0, 0.1) is 0 Å². The topological polar surface area (TPSA) is 49.8 Å². The lowest BCUT2D eigenvalue weighted by molar-refractivity contribution is -0.143. The molecular weight excluding hydrogens is 170 g/mol. The Morgan fingerprint density at radius 1 is 1.77 bits per heavy atom. The van der Waals surface area contributed by atoms with Gasteiger partial charge in [-0.25, -0.2) is 0 Å². The van der Waals surface area contributed by atoms with E-state index in [1.165, 1.54) is 0 Å². The zero-order valence-corrected chi connectivity index (χ0v) is 8.19. The summed E-state index contributed by atoms with van der Waals surface area (Å²) in [5.41, 5.74) is 0. The number of hydrogen-bond acceptors (Lipinski definition) is 3. The quantitative estimate of drug-likeness (QED) is 0.699. The predicted octanol–water partition coefficient (Wildman–Crippen LogP) is 0.570. The van der Waals surface area contributed by atoms with Crippen molar-refractivity contribution in [1.29, 1.82) is 0 Å². The summed E-state index contributed by atoms with van der Waals surface area (Å²) in [6.07, 6.45) is 1.82. The molecule has 2 atom stereocenters. The molecule has 1 rings (SSSR count). The molecule has 76 valence electrons. The zero-order valence-electron chi connectivity index (χ0n) is 8.19. The molecule has 4 nitrogen and oxygen atoms in total. The lowest BCUT2D eigenvalue weighted by Gasteiger charge is -2.22. The second kappa shape index (κ2) is 4.58. The number of carbonyl (C=O) groups is 1. The molecule has 0 bridgehead atoms. The van der Waals surface area contributed by atoms with Gasteiger partial charge >= 0.3 is 5.97 Å². The first-order valence-electron chi connectivity index (χ1n) is 4.68. The lowest BCUT2D eigenvalue weighted by atomic mass is 10.2. The average Bonchev–Trinajstić information content (AvgIpc) is 2.53. The van der Waals surface area contributed by atoms with Crippen LogP contribution < -0.4 is 0 Å². The van der Waals surface area contributed by atoms with Gasteiger partial charge in [0.2, 0.25) is 0 Å². The van der Waals surface area contributed by atoms with Gasteiger partial charge < -0.3 is 9.84 Å². The van der Waals surface area contributed by atoms with E-state index in [2.05, 4.69) is 0 Å². The molecule has 0 amide bonds. The molecule has 1 aliphatic rings. The summed E-state index contributed by atoms with van der Waals surface area (Å²) >= 11 is 0. The Morgan fingerprint density at radius 2 is 2.46 bits per heavy atom. The number of likely N-dealkylation sites (tertiary alicyclic amines) is 1. The Hall–Kier alpha value is -0.610.